The summed E-state index contributed by atoms with van der Waals surface area (Å²) in [4.78, 5) is 0. The summed E-state index contributed by atoms with van der Waals surface area (Å²) in [6.07, 6.45) is 0.949. The van der Waals surface area contributed by atoms with Crippen LogP contribution in [0.2, 0.25) is 0 Å². The Bertz CT molecular complexity index is 266. The molecule has 0 spiro atoms. The first-order valence-corrected chi connectivity index (χ1v) is 4.80. The van der Waals surface area contributed by atoms with Gasteiger partial charge in [0, 0.05) is 6.54 Å². The molecule has 1 aromatic carbocycles. The van der Waals surface area contributed by atoms with Crippen molar-refractivity contribution >= 4 is 0 Å². The molecule has 0 saturated heterocycles. The van der Waals surface area contributed by atoms with Crippen molar-refractivity contribution in [1.82, 2.24) is 5.32 Å². The van der Waals surface area contributed by atoms with Crippen molar-refractivity contribution in [2.24, 2.45) is 0 Å². The summed E-state index contributed by atoms with van der Waals surface area (Å²) in [6.45, 7) is 10.1. The predicted octanol–water partition coefficient (Wildman–Crippen LogP) is 2.62. The highest BCUT2D eigenvalue weighted by atomic mass is 14.8. The molecule has 1 aromatic rings. The van der Waals surface area contributed by atoms with Gasteiger partial charge in [-0.25, -0.2) is 0 Å². The molecule has 71 valence electrons. The van der Waals surface area contributed by atoms with Gasteiger partial charge >= 0.3 is 0 Å². The lowest BCUT2D eigenvalue weighted by Crippen LogP contribution is -2.14. The van der Waals surface area contributed by atoms with Crippen molar-refractivity contribution < 1.29 is 0 Å². The van der Waals surface area contributed by atoms with Crippen molar-refractivity contribution in [3.8, 4) is 0 Å². The first kappa shape index (κ1) is 10.3. The van der Waals surface area contributed by atoms with Gasteiger partial charge < -0.3 is 5.32 Å². The average molecular weight is 176 g/mol. The van der Waals surface area contributed by atoms with Gasteiger partial charge in [-0.1, -0.05) is 25.1 Å². The smallest absolute Gasteiger partial charge is 0.0208 e. The van der Waals surface area contributed by atoms with Crippen LogP contribution in [0.25, 0.3) is 0 Å². The van der Waals surface area contributed by atoms with Gasteiger partial charge in [0.05, 0.1) is 0 Å². The summed E-state index contributed by atoms with van der Waals surface area (Å²) in [5.41, 5.74) is 4.17. The first-order chi connectivity index (χ1) is 6.25. The van der Waals surface area contributed by atoms with Gasteiger partial charge in [0.1, 0.15) is 0 Å². The minimum Gasteiger partial charge on any atom is -0.313 e. The maximum absolute atomic E-state index is 3.79. The molecular weight excluding hydrogens is 158 g/mol. The number of hydrogen-bond donors (Lipinski definition) is 1. The Balaban J connectivity index is 2.61. The fraction of sp³-hybridized carbons (Fsp3) is 0.417. The first-order valence-electron chi connectivity index (χ1n) is 4.80. The van der Waals surface area contributed by atoms with Crippen LogP contribution < -0.4 is 5.32 Å². The Kier molecular flexibility index (Phi) is 3.97. The van der Waals surface area contributed by atoms with Crippen LogP contribution >= 0.6 is 0 Å². The van der Waals surface area contributed by atoms with Gasteiger partial charge in [-0.15, -0.1) is 0 Å². The van der Waals surface area contributed by atoms with E-state index in [4.69, 9.17) is 0 Å². The van der Waals surface area contributed by atoms with E-state index in [0.29, 0.717) is 0 Å². The van der Waals surface area contributed by atoms with Gasteiger partial charge in [0.2, 0.25) is 0 Å². The number of aryl methyl sites for hydroxylation is 1. The third-order valence-electron chi connectivity index (χ3n) is 2.39. The Morgan fingerprint density at radius 3 is 2.77 bits per heavy atom. The molecule has 0 unspecified atom stereocenters. The van der Waals surface area contributed by atoms with E-state index in [0.717, 1.165) is 19.5 Å². The lowest BCUT2D eigenvalue weighted by molar-refractivity contribution is 0.691. The third kappa shape index (κ3) is 2.85. The fourth-order valence-corrected chi connectivity index (χ4v) is 1.35. The van der Waals surface area contributed by atoms with E-state index in [1.54, 1.807) is 0 Å². The van der Waals surface area contributed by atoms with Crippen LogP contribution in [0.15, 0.2) is 18.2 Å². The maximum Gasteiger partial charge on any atom is 0.0208 e. The summed E-state index contributed by atoms with van der Waals surface area (Å²) in [7, 11) is 0. The molecule has 1 nitrogen and oxygen atoms in total. The molecule has 0 aliphatic carbocycles. The molecule has 0 atom stereocenters. The highest BCUT2D eigenvalue weighted by molar-refractivity contribution is 5.32. The van der Waals surface area contributed by atoms with Gasteiger partial charge in [-0.3, -0.25) is 0 Å². The number of rotatable bonds is 4. The fourth-order valence-electron chi connectivity index (χ4n) is 1.35. The van der Waals surface area contributed by atoms with E-state index in [2.05, 4.69) is 44.3 Å². The minimum atomic E-state index is 0.949. The Morgan fingerprint density at radius 2 is 2.08 bits per heavy atom. The van der Waals surface area contributed by atoms with E-state index in [9.17, 15) is 0 Å². The van der Waals surface area contributed by atoms with Crippen LogP contribution in [0.1, 0.15) is 23.1 Å². The zero-order chi connectivity index (χ0) is 9.68. The Labute approximate surface area is 81.2 Å². The van der Waals surface area contributed by atoms with E-state index in [-0.39, 0.29) is 0 Å². The van der Waals surface area contributed by atoms with Crippen LogP contribution in [-0.4, -0.2) is 6.54 Å². The second-order valence-corrected chi connectivity index (χ2v) is 3.39. The molecule has 0 fully saturated rings. The Morgan fingerprint density at radius 1 is 1.31 bits per heavy atom. The molecule has 0 aliphatic heterocycles. The summed E-state index contributed by atoms with van der Waals surface area (Å²) in [6, 6.07) is 6.45. The van der Waals surface area contributed by atoms with E-state index in [1.165, 1.54) is 16.7 Å². The summed E-state index contributed by atoms with van der Waals surface area (Å²) in [5, 5.41) is 3.36. The summed E-state index contributed by atoms with van der Waals surface area (Å²) in [5.74, 6) is 0. The van der Waals surface area contributed by atoms with Crippen LogP contribution in [-0.2, 0) is 6.54 Å². The van der Waals surface area contributed by atoms with Crippen molar-refractivity contribution in [3.05, 3.63) is 41.8 Å². The van der Waals surface area contributed by atoms with Crippen molar-refractivity contribution in [2.45, 2.75) is 26.8 Å². The van der Waals surface area contributed by atoms with Gasteiger partial charge in [0.25, 0.3) is 0 Å². The van der Waals surface area contributed by atoms with E-state index in [1.807, 2.05) is 0 Å². The molecule has 0 saturated carbocycles. The van der Waals surface area contributed by atoms with Crippen molar-refractivity contribution in [3.63, 3.8) is 0 Å². The molecule has 0 bridgehead atoms. The molecule has 1 N–H and O–H groups in total. The van der Waals surface area contributed by atoms with E-state index >= 15 is 0 Å². The van der Waals surface area contributed by atoms with Crippen LogP contribution in [0.4, 0.5) is 0 Å². The molecular formula is C12H18N. The standard InChI is InChI=1S/C12H18N/c1-4-8-13-9-12-7-5-6-10(2)11(12)3/h5-7,13H,1,4,8-9H2,2-3H3. The number of nitrogens with one attached hydrogen (secondary N) is 1. The minimum absolute atomic E-state index is 0.949. The number of hydrogen-bond acceptors (Lipinski definition) is 1. The highest BCUT2D eigenvalue weighted by Crippen LogP contribution is 2.11. The van der Waals surface area contributed by atoms with Crippen LogP contribution in [0, 0.1) is 20.8 Å². The average Bonchev–Trinajstić information content (AvgIpc) is 2.13. The second kappa shape index (κ2) is 5.03. The quantitative estimate of drug-likeness (QED) is 0.695. The number of benzene rings is 1. The lowest BCUT2D eigenvalue weighted by atomic mass is 10.0. The second-order valence-electron chi connectivity index (χ2n) is 3.39. The molecule has 0 amide bonds. The molecule has 1 heteroatoms. The van der Waals surface area contributed by atoms with Crippen molar-refractivity contribution in [1.29, 1.82) is 0 Å². The molecule has 1 rings (SSSR count). The third-order valence-corrected chi connectivity index (χ3v) is 2.39. The van der Waals surface area contributed by atoms with Crippen molar-refractivity contribution in [2.75, 3.05) is 6.54 Å². The highest BCUT2D eigenvalue weighted by Gasteiger charge is 1.98. The topological polar surface area (TPSA) is 12.0 Å². The molecule has 1 radical (unpaired) electrons. The van der Waals surface area contributed by atoms with E-state index < -0.39 is 0 Å². The SMILES string of the molecule is [CH2]CCNCc1cccc(C)c1C. The lowest BCUT2D eigenvalue weighted by Gasteiger charge is -2.08. The summed E-state index contributed by atoms with van der Waals surface area (Å²) < 4.78 is 0. The van der Waals surface area contributed by atoms with Gasteiger partial charge in [-0.05, 0) is 43.5 Å². The largest absolute Gasteiger partial charge is 0.313 e. The van der Waals surface area contributed by atoms with Crippen LogP contribution in [0.3, 0.4) is 0 Å². The zero-order valence-electron chi connectivity index (χ0n) is 8.56. The normalized spacial score (nSPS) is 10.4. The zero-order valence-corrected chi connectivity index (χ0v) is 8.56. The van der Waals surface area contributed by atoms with Gasteiger partial charge in [-0.2, -0.15) is 0 Å². The summed E-state index contributed by atoms with van der Waals surface area (Å²) >= 11 is 0. The molecule has 0 aliphatic rings. The Hall–Kier alpha value is -0.820. The maximum atomic E-state index is 3.79. The molecule has 0 aromatic heterocycles. The molecule has 13 heavy (non-hydrogen) atoms. The van der Waals surface area contributed by atoms with Crippen LogP contribution in [0.5, 0.6) is 0 Å². The van der Waals surface area contributed by atoms with Gasteiger partial charge in [0.15, 0.2) is 0 Å². The predicted molar refractivity (Wildman–Crippen MR) is 57.6 cm³/mol. The molecule has 0 heterocycles. The monoisotopic (exact) mass is 176 g/mol.